The Labute approximate surface area is 217 Å². The van der Waals surface area contributed by atoms with Crippen molar-refractivity contribution in [2.45, 2.75) is 6.92 Å². The van der Waals surface area contributed by atoms with Gasteiger partial charge in [0, 0.05) is 0 Å². The molecular formula is C37H26. The molecule has 0 amide bonds. The Kier molecular flexibility index (Phi) is 5.11. The van der Waals surface area contributed by atoms with Gasteiger partial charge in [-0.25, -0.2) is 0 Å². The lowest BCUT2D eigenvalue weighted by atomic mass is 9.82. The van der Waals surface area contributed by atoms with E-state index < -0.39 is 0 Å². The first kappa shape index (κ1) is 21.6. The predicted molar refractivity (Wildman–Crippen MR) is 160 cm³/mol. The van der Waals surface area contributed by atoms with Crippen molar-refractivity contribution in [1.82, 2.24) is 0 Å². The lowest BCUT2D eigenvalue weighted by Gasteiger charge is -2.21. The average Bonchev–Trinajstić information content (AvgIpc) is 2.97. The van der Waals surface area contributed by atoms with Gasteiger partial charge in [-0.2, -0.15) is 0 Å². The van der Waals surface area contributed by atoms with Crippen LogP contribution >= 0.6 is 0 Å². The molecule has 0 aliphatic heterocycles. The molecule has 0 heteroatoms. The largest absolute Gasteiger partial charge is 0.0622 e. The van der Waals surface area contributed by atoms with E-state index in [-0.39, 0.29) is 0 Å². The minimum Gasteiger partial charge on any atom is -0.0622 e. The maximum Gasteiger partial charge on any atom is -0.00175 e. The molecule has 0 atom stereocenters. The summed E-state index contributed by atoms with van der Waals surface area (Å²) in [7, 11) is 0. The van der Waals surface area contributed by atoms with E-state index in [2.05, 4.69) is 146 Å². The summed E-state index contributed by atoms with van der Waals surface area (Å²) in [5, 5.41) is 7.75. The number of fused-ring (bicyclic) bond motifs is 3. The molecule has 0 heterocycles. The standard InChI is InChI=1S/C37H26/c1-25-24-34(26-14-4-2-5-15-26)28-18-8-9-19-29(28)35(25)37-32-22-12-10-20-30(32)36(27-16-6-3-7-17-27)31-21-11-13-23-33(31)37/h2-24H,1H3. The molecule has 37 heavy (non-hydrogen) atoms. The van der Waals surface area contributed by atoms with Gasteiger partial charge in [-0.1, -0.05) is 140 Å². The third kappa shape index (κ3) is 3.45. The van der Waals surface area contributed by atoms with Crippen LogP contribution in [0.4, 0.5) is 0 Å². The summed E-state index contributed by atoms with van der Waals surface area (Å²) in [6, 6.07) is 50.6. The summed E-state index contributed by atoms with van der Waals surface area (Å²) in [5.74, 6) is 0. The zero-order valence-electron chi connectivity index (χ0n) is 20.8. The molecule has 174 valence electrons. The van der Waals surface area contributed by atoms with Crippen LogP contribution in [0.2, 0.25) is 0 Å². The second-order valence-electron chi connectivity index (χ2n) is 9.73. The van der Waals surface area contributed by atoms with Crippen LogP contribution in [0.15, 0.2) is 140 Å². The smallest absolute Gasteiger partial charge is 0.00175 e. The molecule has 0 aliphatic carbocycles. The maximum atomic E-state index is 2.38. The monoisotopic (exact) mass is 470 g/mol. The zero-order chi connectivity index (χ0) is 24.8. The summed E-state index contributed by atoms with van der Waals surface area (Å²) in [6.07, 6.45) is 0. The van der Waals surface area contributed by atoms with E-state index in [0.717, 1.165) is 0 Å². The number of hydrogen-bond acceptors (Lipinski definition) is 0. The topological polar surface area (TPSA) is 0 Å². The first-order chi connectivity index (χ1) is 18.3. The Morgan fingerprint density at radius 2 is 0.703 bits per heavy atom. The molecule has 0 spiro atoms. The van der Waals surface area contributed by atoms with E-state index in [4.69, 9.17) is 0 Å². The Bertz CT molecular complexity index is 1860. The molecule has 0 N–H and O–H groups in total. The van der Waals surface area contributed by atoms with Crippen LogP contribution in [0.1, 0.15) is 5.56 Å². The van der Waals surface area contributed by atoms with E-state index in [1.54, 1.807) is 0 Å². The van der Waals surface area contributed by atoms with Crippen LogP contribution in [0.25, 0.3) is 65.7 Å². The summed E-state index contributed by atoms with van der Waals surface area (Å²) < 4.78 is 0. The molecule has 0 aliphatic rings. The van der Waals surface area contributed by atoms with Gasteiger partial charge in [0.15, 0.2) is 0 Å². The van der Waals surface area contributed by atoms with E-state index in [1.807, 2.05) is 0 Å². The highest BCUT2D eigenvalue weighted by molar-refractivity contribution is 6.24. The van der Waals surface area contributed by atoms with Crippen molar-refractivity contribution in [1.29, 1.82) is 0 Å². The van der Waals surface area contributed by atoms with Gasteiger partial charge in [-0.05, 0) is 78.2 Å². The Hall–Kier alpha value is -4.68. The fourth-order valence-corrected chi connectivity index (χ4v) is 6.02. The van der Waals surface area contributed by atoms with Gasteiger partial charge in [0.25, 0.3) is 0 Å². The molecule has 7 aromatic rings. The van der Waals surface area contributed by atoms with E-state index in [9.17, 15) is 0 Å². The number of hydrogen-bond donors (Lipinski definition) is 0. The number of benzene rings is 7. The average molecular weight is 471 g/mol. The molecule has 0 saturated heterocycles. The minimum absolute atomic E-state index is 1.25. The van der Waals surface area contributed by atoms with Crippen molar-refractivity contribution in [3.8, 4) is 33.4 Å². The quantitative estimate of drug-likeness (QED) is 0.225. The summed E-state index contributed by atoms with van der Waals surface area (Å²) >= 11 is 0. The molecule has 0 unspecified atom stereocenters. The fourth-order valence-electron chi connectivity index (χ4n) is 6.02. The van der Waals surface area contributed by atoms with Crippen molar-refractivity contribution in [3.63, 3.8) is 0 Å². The zero-order valence-corrected chi connectivity index (χ0v) is 20.8. The highest BCUT2D eigenvalue weighted by Gasteiger charge is 2.20. The third-order valence-electron chi connectivity index (χ3n) is 7.57. The van der Waals surface area contributed by atoms with Crippen molar-refractivity contribution in [2.75, 3.05) is 0 Å². The fraction of sp³-hybridized carbons (Fsp3) is 0.0270. The van der Waals surface area contributed by atoms with Gasteiger partial charge in [-0.3, -0.25) is 0 Å². The van der Waals surface area contributed by atoms with Crippen molar-refractivity contribution < 1.29 is 0 Å². The maximum absolute atomic E-state index is 2.38. The second-order valence-corrected chi connectivity index (χ2v) is 9.73. The molecular weight excluding hydrogens is 444 g/mol. The molecule has 0 nitrogen and oxygen atoms in total. The van der Waals surface area contributed by atoms with Crippen LogP contribution < -0.4 is 0 Å². The molecule has 0 aromatic heterocycles. The van der Waals surface area contributed by atoms with Crippen molar-refractivity contribution >= 4 is 32.3 Å². The van der Waals surface area contributed by atoms with Gasteiger partial charge in [-0.15, -0.1) is 0 Å². The van der Waals surface area contributed by atoms with E-state index in [0.29, 0.717) is 0 Å². The van der Waals surface area contributed by atoms with E-state index in [1.165, 1.54) is 71.3 Å². The van der Waals surface area contributed by atoms with Crippen molar-refractivity contribution in [2.24, 2.45) is 0 Å². The normalized spacial score (nSPS) is 11.4. The van der Waals surface area contributed by atoms with Crippen LogP contribution in [0.5, 0.6) is 0 Å². The highest BCUT2D eigenvalue weighted by Crippen LogP contribution is 2.47. The van der Waals surface area contributed by atoms with Gasteiger partial charge >= 0.3 is 0 Å². The van der Waals surface area contributed by atoms with Crippen LogP contribution in [-0.2, 0) is 0 Å². The summed E-state index contributed by atoms with van der Waals surface area (Å²) in [4.78, 5) is 0. The molecule has 7 aromatic carbocycles. The van der Waals surface area contributed by atoms with Gasteiger partial charge in [0.05, 0.1) is 0 Å². The first-order valence-electron chi connectivity index (χ1n) is 12.9. The number of rotatable bonds is 3. The predicted octanol–water partition coefficient (Wildman–Crippen LogP) is 10.5. The number of aryl methyl sites for hydroxylation is 1. The van der Waals surface area contributed by atoms with Crippen LogP contribution in [0.3, 0.4) is 0 Å². The second kappa shape index (κ2) is 8.76. The molecule has 7 rings (SSSR count). The SMILES string of the molecule is Cc1cc(-c2ccccc2)c2ccccc2c1-c1c2ccccc2c(-c2ccccc2)c2ccccc12. The lowest BCUT2D eigenvalue weighted by molar-refractivity contribution is 1.49. The third-order valence-corrected chi connectivity index (χ3v) is 7.57. The highest BCUT2D eigenvalue weighted by atomic mass is 14.2. The molecule has 0 bridgehead atoms. The Morgan fingerprint density at radius 1 is 0.324 bits per heavy atom. The summed E-state index contributed by atoms with van der Waals surface area (Å²) in [6.45, 7) is 2.27. The van der Waals surface area contributed by atoms with Gasteiger partial charge in [0.1, 0.15) is 0 Å². The molecule has 0 radical (unpaired) electrons. The van der Waals surface area contributed by atoms with Gasteiger partial charge < -0.3 is 0 Å². The first-order valence-corrected chi connectivity index (χ1v) is 12.9. The minimum atomic E-state index is 1.25. The Morgan fingerprint density at radius 3 is 1.22 bits per heavy atom. The molecule has 0 saturated carbocycles. The van der Waals surface area contributed by atoms with Crippen LogP contribution in [-0.4, -0.2) is 0 Å². The van der Waals surface area contributed by atoms with Crippen LogP contribution in [0, 0.1) is 6.92 Å². The lowest BCUT2D eigenvalue weighted by Crippen LogP contribution is -1.94. The molecule has 0 fully saturated rings. The Balaban J connectivity index is 1.66. The van der Waals surface area contributed by atoms with Gasteiger partial charge in [0.2, 0.25) is 0 Å². The van der Waals surface area contributed by atoms with Crippen molar-refractivity contribution in [3.05, 3.63) is 145 Å². The summed E-state index contributed by atoms with van der Waals surface area (Å²) in [5.41, 5.74) is 9.03. The van der Waals surface area contributed by atoms with E-state index >= 15 is 0 Å².